The van der Waals surface area contributed by atoms with Crippen molar-refractivity contribution in [1.82, 2.24) is 9.88 Å². The first-order valence-electron chi connectivity index (χ1n) is 8.28. The summed E-state index contributed by atoms with van der Waals surface area (Å²) < 4.78 is 0. The van der Waals surface area contributed by atoms with Crippen molar-refractivity contribution in [1.29, 1.82) is 0 Å². The molecule has 2 rings (SSSR count). The monoisotopic (exact) mass is 305 g/mol. The van der Waals surface area contributed by atoms with E-state index in [-0.39, 0.29) is 5.54 Å². The molecule has 1 aromatic rings. The van der Waals surface area contributed by atoms with Gasteiger partial charge >= 0.3 is 0 Å². The van der Waals surface area contributed by atoms with Gasteiger partial charge in [-0.1, -0.05) is 13.8 Å². The molecule has 1 N–H and O–H groups in total. The van der Waals surface area contributed by atoms with Crippen LogP contribution in [-0.2, 0) is 0 Å². The molecule has 1 saturated heterocycles. The fraction of sp³-hybridized carbons (Fsp3) is 0.722. The number of likely N-dealkylation sites (N-methyl/N-ethyl adjacent to an activating group) is 1. The van der Waals surface area contributed by atoms with Crippen molar-refractivity contribution in [2.24, 2.45) is 0 Å². The maximum absolute atomic E-state index is 11.2. The Morgan fingerprint density at radius 1 is 1.32 bits per heavy atom. The zero-order chi connectivity index (χ0) is 16.5. The van der Waals surface area contributed by atoms with Crippen LogP contribution in [0.4, 0.5) is 5.69 Å². The van der Waals surface area contributed by atoms with Gasteiger partial charge in [-0.2, -0.15) is 0 Å². The first kappa shape index (κ1) is 17.2. The summed E-state index contributed by atoms with van der Waals surface area (Å²) in [6.45, 7) is 10.2. The average molecular weight is 305 g/mol. The van der Waals surface area contributed by atoms with Gasteiger partial charge in [0.25, 0.3) is 0 Å². The molecule has 2 heterocycles. The fourth-order valence-electron chi connectivity index (χ4n) is 3.10. The minimum Gasteiger partial charge on any atom is -0.386 e. The van der Waals surface area contributed by atoms with E-state index < -0.39 is 5.60 Å². The van der Waals surface area contributed by atoms with Crippen molar-refractivity contribution >= 4 is 5.69 Å². The molecule has 0 spiro atoms. The molecule has 0 aliphatic carbocycles. The number of β-amino-alcohol motifs (C(OH)–C–C–N with tert-alkyl or cyclic N) is 1. The summed E-state index contributed by atoms with van der Waals surface area (Å²) in [6, 6.07) is 4.24. The number of aromatic nitrogens is 1. The van der Waals surface area contributed by atoms with Crippen LogP contribution >= 0.6 is 0 Å². The number of hydrogen-bond acceptors (Lipinski definition) is 4. The Balaban J connectivity index is 2.20. The molecular weight excluding hydrogens is 274 g/mol. The molecule has 0 saturated carbocycles. The topological polar surface area (TPSA) is 39.6 Å². The Hall–Kier alpha value is -1.13. The predicted octanol–water partition coefficient (Wildman–Crippen LogP) is 2.88. The molecule has 0 bridgehead atoms. The number of anilines is 1. The zero-order valence-electron chi connectivity index (χ0n) is 14.9. The van der Waals surface area contributed by atoms with Crippen LogP contribution in [0.25, 0.3) is 0 Å². The van der Waals surface area contributed by atoms with E-state index in [2.05, 4.69) is 54.6 Å². The second-order valence-corrected chi connectivity index (χ2v) is 7.61. The van der Waals surface area contributed by atoms with Crippen molar-refractivity contribution in [3.63, 3.8) is 0 Å². The SMILES string of the molecule is CC(C)c1ccc(N2CCCC(O)(C(C)(C)N(C)C)C2)cn1. The smallest absolute Gasteiger partial charge is 0.0999 e. The predicted molar refractivity (Wildman–Crippen MR) is 92.5 cm³/mol. The van der Waals surface area contributed by atoms with Crippen LogP contribution in [0.2, 0.25) is 0 Å². The first-order valence-corrected chi connectivity index (χ1v) is 8.28. The number of pyridine rings is 1. The molecule has 0 radical (unpaired) electrons. The molecule has 1 aliphatic rings. The van der Waals surface area contributed by atoms with Gasteiger partial charge in [-0.05, 0) is 58.8 Å². The zero-order valence-corrected chi connectivity index (χ0v) is 14.9. The Kier molecular flexibility index (Phi) is 4.83. The molecule has 1 fully saturated rings. The summed E-state index contributed by atoms with van der Waals surface area (Å²) in [5.41, 5.74) is 1.24. The van der Waals surface area contributed by atoms with Gasteiger partial charge in [0.1, 0.15) is 0 Å². The van der Waals surface area contributed by atoms with Gasteiger partial charge in [0, 0.05) is 24.3 Å². The number of piperidine rings is 1. The number of rotatable bonds is 4. The second kappa shape index (κ2) is 6.17. The lowest BCUT2D eigenvalue weighted by Crippen LogP contribution is -2.65. The Morgan fingerprint density at radius 3 is 2.50 bits per heavy atom. The summed E-state index contributed by atoms with van der Waals surface area (Å²) in [5.74, 6) is 0.444. The summed E-state index contributed by atoms with van der Waals surface area (Å²) >= 11 is 0. The molecule has 1 aliphatic heterocycles. The van der Waals surface area contributed by atoms with E-state index in [1.54, 1.807) is 0 Å². The van der Waals surface area contributed by atoms with Gasteiger partial charge in [-0.3, -0.25) is 4.98 Å². The van der Waals surface area contributed by atoms with Crippen LogP contribution in [0.1, 0.15) is 52.1 Å². The summed E-state index contributed by atoms with van der Waals surface area (Å²) in [5, 5.41) is 11.2. The lowest BCUT2D eigenvalue weighted by molar-refractivity contribution is -0.0882. The Bertz CT molecular complexity index is 496. The Labute approximate surface area is 135 Å². The molecule has 0 amide bonds. The van der Waals surface area contributed by atoms with Crippen molar-refractivity contribution in [3.05, 3.63) is 24.0 Å². The van der Waals surface area contributed by atoms with Crippen LogP contribution in [0.3, 0.4) is 0 Å². The number of aliphatic hydroxyl groups is 1. The van der Waals surface area contributed by atoms with Gasteiger partial charge < -0.3 is 14.9 Å². The van der Waals surface area contributed by atoms with Gasteiger partial charge in [-0.15, -0.1) is 0 Å². The van der Waals surface area contributed by atoms with Crippen molar-refractivity contribution < 1.29 is 5.11 Å². The largest absolute Gasteiger partial charge is 0.386 e. The molecular formula is C18H31N3O. The van der Waals surface area contributed by atoms with E-state index in [0.29, 0.717) is 12.5 Å². The molecule has 4 heteroatoms. The minimum atomic E-state index is -0.717. The fourth-order valence-corrected chi connectivity index (χ4v) is 3.10. The van der Waals surface area contributed by atoms with Crippen molar-refractivity contribution in [2.45, 2.75) is 57.6 Å². The maximum Gasteiger partial charge on any atom is 0.0999 e. The third-order valence-electron chi connectivity index (χ3n) is 5.46. The minimum absolute atomic E-state index is 0.267. The van der Waals surface area contributed by atoms with Crippen LogP contribution in [0, 0.1) is 0 Å². The van der Waals surface area contributed by atoms with E-state index in [4.69, 9.17) is 0 Å². The van der Waals surface area contributed by atoms with Gasteiger partial charge in [0.2, 0.25) is 0 Å². The second-order valence-electron chi connectivity index (χ2n) is 7.61. The van der Waals surface area contributed by atoms with Crippen LogP contribution in [0.15, 0.2) is 18.3 Å². The lowest BCUT2D eigenvalue weighted by atomic mass is 9.76. The highest BCUT2D eigenvalue weighted by Gasteiger charge is 2.47. The third-order valence-corrected chi connectivity index (χ3v) is 5.46. The van der Waals surface area contributed by atoms with E-state index in [9.17, 15) is 5.11 Å². The quantitative estimate of drug-likeness (QED) is 0.928. The van der Waals surface area contributed by atoms with Gasteiger partial charge in [0.05, 0.1) is 17.5 Å². The number of nitrogens with zero attached hydrogens (tertiary/aromatic N) is 3. The summed E-state index contributed by atoms with van der Waals surface area (Å²) in [6.07, 6.45) is 3.79. The van der Waals surface area contributed by atoms with Crippen molar-refractivity contribution in [2.75, 3.05) is 32.1 Å². The van der Waals surface area contributed by atoms with E-state index in [1.165, 1.54) is 0 Å². The highest BCUT2D eigenvalue weighted by Crippen LogP contribution is 2.36. The average Bonchev–Trinajstić information content (AvgIpc) is 2.47. The van der Waals surface area contributed by atoms with E-state index in [0.717, 1.165) is 30.8 Å². The summed E-state index contributed by atoms with van der Waals surface area (Å²) in [7, 11) is 4.08. The first-order chi connectivity index (χ1) is 10.2. The van der Waals surface area contributed by atoms with E-state index >= 15 is 0 Å². The molecule has 22 heavy (non-hydrogen) atoms. The molecule has 1 atom stereocenters. The van der Waals surface area contributed by atoms with Crippen LogP contribution in [0.5, 0.6) is 0 Å². The van der Waals surface area contributed by atoms with E-state index in [1.807, 2.05) is 20.3 Å². The van der Waals surface area contributed by atoms with Crippen LogP contribution in [-0.4, -0.2) is 53.3 Å². The molecule has 4 nitrogen and oxygen atoms in total. The maximum atomic E-state index is 11.2. The lowest BCUT2D eigenvalue weighted by Gasteiger charge is -2.52. The molecule has 1 unspecified atom stereocenters. The summed E-state index contributed by atoms with van der Waals surface area (Å²) in [4.78, 5) is 8.96. The van der Waals surface area contributed by atoms with Crippen molar-refractivity contribution in [3.8, 4) is 0 Å². The third kappa shape index (κ3) is 3.13. The highest BCUT2D eigenvalue weighted by atomic mass is 16.3. The van der Waals surface area contributed by atoms with Crippen LogP contribution < -0.4 is 4.90 Å². The van der Waals surface area contributed by atoms with Gasteiger partial charge in [-0.25, -0.2) is 0 Å². The standard InChI is InChI=1S/C18H31N3O/c1-14(2)16-9-8-15(12-19-16)21-11-7-10-18(22,13-21)17(3,4)20(5)6/h8-9,12,14,22H,7,10-11,13H2,1-6H3. The normalized spacial score (nSPS) is 23.4. The number of hydrogen-bond donors (Lipinski definition) is 1. The molecule has 0 aromatic carbocycles. The molecule has 1 aromatic heterocycles. The highest BCUT2D eigenvalue weighted by molar-refractivity contribution is 5.46. The van der Waals surface area contributed by atoms with Gasteiger partial charge in [0.15, 0.2) is 0 Å². The Morgan fingerprint density at radius 2 is 2.00 bits per heavy atom. The molecule has 124 valence electrons.